The maximum atomic E-state index is 5.57. The molecule has 6 heteroatoms. The Balaban J connectivity index is 2.20. The van der Waals surface area contributed by atoms with E-state index in [1.54, 1.807) is 0 Å². The lowest BCUT2D eigenvalue weighted by Gasteiger charge is -2.20. The van der Waals surface area contributed by atoms with Crippen LogP contribution in [0.2, 0.25) is 0 Å². The lowest BCUT2D eigenvalue weighted by Crippen LogP contribution is -2.25. The summed E-state index contributed by atoms with van der Waals surface area (Å²) in [6, 6.07) is 0.414. The minimum Gasteiger partial charge on any atom is -0.463 e. The van der Waals surface area contributed by atoms with Crippen LogP contribution in [0.15, 0.2) is 0 Å². The van der Waals surface area contributed by atoms with Crippen LogP contribution in [0, 0.1) is 5.41 Å². The van der Waals surface area contributed by atoms with Crippen LogP contribution in [0.4, 0.5) is 11.9 Å². The standard InChI is InChI=1S/C14H25N5O/c1-5-9-20-13-17-11(15-6-2)16-12(18-13)19-8-7-14(3,4)10-19/h5-10H2,1-4H3,(H,15,16,17,18). The number of hydrogen-bond acceptors (Lipinski definition) is 6. The topological polar surface area (TPSA) is 63.2 Å². The number of aromatic nitrogens is 3. The van der Waals surface area contributed by atoms with Gasteiger partial charge in [0.15, 0.2) is 0 Å². The Morgan fingerprint density at radius 1 is 1.25 bits per heavy atom. The van der Waals surface area contributed by atoms with Crippen molar-refractivity contribution in [3.63, 3.8) is 0 Å². The minimum absolute atomic E-state index is 0.315. The van der Waals surface area contributed by atoms with E-state index in [1.807, 2.05) is 6.92 Å². The number of nitrogens with zero attached hydrogens (tertiary/aromatic N) is 4. The zero-order valence-corrected chi connectivity index (χ0v) is 12.9. The Bertz CT molecular complexity index is 449. The van der Waals surface area contributed by atoms with Gasteiger partial charge in [0, 0.05) is 19.6 Å². The van der Waals surface area contributed by atoms with Crippen molar-refractivity contribution in [1.29, 1.82) is 0 Å². The lowest BCUT2D eigenvalue weighted by atomic mass is 9.93. The molecule has 0 aromatic carbocycles. The minimum atomic E-state index is 0.315. The molecule has 2 heterocycles. The molecular formula is C14H25N5O. The summed E-state index contributed by atoms with van der Waals surface area (Å²) in [6.07, 6.45) is 2.09. The highest BCUT2D eigenvalue weighted by Gasteiger charge is 2.31. The van der Waals surface area contributed by atoms with Gasteiger partial charge in [-0.2, -0.15) is 15.0 Å². The molecule has 0 bridgehead atoms. The zero-order valence-electron chi connectivity index (χ0n) is 12.9. The Hall–Kier alpha value is -1.59. The molecule has 112 valence electrons. The van der Waals surface area contributed by atoms with Crippen LogP contribution < -0.4 is 15.0 Å². The highest BCUT2D eigenvalue weighted by molar-refractivity contribution is 5.39. The van der Waals surface area contributed by atoms with Gasteiger partial charge >= 0.3 is 6.01 Å². The fourth-order valence-corrected chi connectivity index (χ4v) is 2.27. The van der Waals surface area contributed by atoms with Gasteiger partial charge in [0.1, 0.15) is 0 Å². The molecule has 1 N–H and O–H groups in total. The number of hydrogen-bond donors (Lipinski definition) is 1. The predicted molar refractivity (Wildman–Crippen MR) is 80.4 cm³/mol. The Morgan fingerprint density at radius 2 is 2.05 bits per heavy atom. The van der Waals surface area contributed by atoms with E-state index in [0.717, 1.165) is 32.5 Å². The number of anilines is 2. The largest absolute Gasteiger partial charge is 0.463 e. The van der Waals surface area contributed by atoms with Crippen LogP contribution in [0.1, 0.15) is 40.5 Å². The van der Waals surface area contributed by atoms with Gasteiger partial charge in [-0.25, -0.2) is 0 Å². The van der Waals surface area contributed by atoms with Crippen LogP contribution in [0.3, 0.4) is 0 Å². The summed E-state index contributed by atoms with van der Waals surface area (Å²) in [7, 11) is 0. The quantitative estimate of drug-likeness (QED) is 0.862. The first-order valence-corrected chi connectivity index (χ1v) is 7.42. The average Bonchev–Trinajstić information content (AvgIpc) is 2.77. The zero-order chi connectivity index (χ0) is 14.6. The molecule has 0 unspecified atom stereocenters. The van der Waals surface area contributed by atoms with Crippen molar-refractivity contribution >= 4 is 11.9 Å². The molecule has 1 aliphatic heterocycles. The molecule has 1 aliphatic rings. The second-order valence-corrected chi connectivity index (χ2v) is 5.96. The van der Waals surface area contributed by atoms with Gasteiger partial charge in [-0.05, 0) is 25.2 Å². The second kappa shape index (κ2) is 6.24. The Kier molecular flexibility index (Phi) is 4.62. The molecule has 1 aromatic heterocycles. The van der Waals surface area contributed by atoms with E-state index in [0.29, 0.717) is 29.9 Å². The number of ether oxygens (including phenoxy) is 1. The fraction of sp³-hybridized carbons (Fsp3) is 0.786. The normalized spacial score (nSPS) is 17.3. The summed E-state index contributed by atoms with van der Waals surface area (Å²) in [4.78, 5) is 15.4. The molecule has 1 aromatic rings. The molecule has 20 heavy (non-hydrogen) atoms. The van der Waals surface area contributed by atoms with Crippen molar-refractivity contribution in [1.82, 2.24) is 15.0 Å². The van der Waals surface area contributed by atoms with Crippen LogP contribution in [0.5, 0.6) is 6.01 Å². The maximum absolute atomic E-state index is 5.57. The molecule has 0 spiro atoms. The Labute approximate surface area is 121 Å². The van der Waals surface area contributed by atoms with E-state index in [9.17, 15) is 0 Å². The average molecular weight is 279 g/mol. The predicted octanol–water partition coefficient (Wildman–Crippen LogP) is 2.33. The fourth-order valence-electron chi connectivity index (χ4n) is 2.27. The van der Waals surface area contributed by atoms with Gasteiger partial charge < -0.3 is 15.0 Å². The SMILES string of the molecule is CCCOc1nc(NCC)nc(N2CCC(C)(C)C2)n1. The molecule has 6 nitrogen and oxygen atoms in total. The van der Waals surface area contributed by atoms with Gasteiger partial charge in [-0.1, -0.05) is 20.8 Å². The summed E-state index contributed by atoms with van der Waals surface area (Å²) in [5, 5.41) is 3.14. The van der Waals surface area contributed by atoms with E-state index in [1.165, 1.54) is 0 Å². The van der Waals surface area contributed by atoms with Crippen molar-refractivity contribution in [2.45, 2.75) is 40.5 Å². The number of nitrogens with one attached hydrogen (secondary N) is 1. The first-order chi connectivity index (χ1) is 9.54. The first-order valence-electron chi connectivity index (χ1n) is 7.42. The summed E-state index contributed by atoms with van der Waals surface area (Å²) in [5.41, 5.74) is 0.315. The van der Waals surface area contributed by atoms with Gasteiger partial charge in [-0.15, -0.1) is 0 Å². The van der Waals surface area contributed by atoms with Crippen LogP contribution in [-0.4, -0.2) is 41.2 Å². The third-order valence-corrected chi connectivity index (χ3v) is 3.33. The second-order valence-electron chi connectivity index (χ2n) is 5.96. The molecule has 0 aliphatic carbocycles. The monoisotopic (exact) mass is 279 g/mol. The van der Waals surface area contributed by atoms with E-state index in [4.69, 9.17) is 4.74 Å². The third-order valence-electron chi connectivity index (χ3n) is 3.33. The van der Waals surface area contributed by atoms with Gasteiger partial charge in [0.05, 0.1) is 6.61 Å². The molecular weight excluding hydrogens is 254 g/mol. The smallest absolute Gasteiger partial charge is 0.323 e. The van der Waals surface area contributed by atoms with Crippen LogP contribution >= 0.6 is 0 Å². The molecule has 0 atom stereocenters. The van der Waals surface area contributed by atoms with Crippen molar-refractivity contribution in [3.8, 4) is 6.01 Å². The summed E-state index contributed by atoms with van der Waals surface area (Å²) in [6.45, 7) is 12.0. The van der Waals surface area contributed by atoms with E-state index in [-0.39, 0.29) is 0 Å². The summed E-state index contributed by atoms with van der Waals surface area (Å²) < 4.78 is 5.57. The van der Waals surface area contributed by atoms with Crippen LogP contribution in [0.25, 0.3) is 0 Å². The molecule has 1 saturated heterocycles. The Morgan fingerprint density at radius 3 is 2.65 bits per heavy atom. The highest BCUT2D eigenvalue weighted by atomic mass is 16.5. The van der Waals surface area contributed by atoms with E-state index >= 15 is 0 Å². The van der Waals surface area contributed by atoms with Gasteiger partial charge in [0.2, 0.25) is 11.9 Å². The summed E-state index contributed by atoms with van der Waals surface area (Å²) in [5.74, 6) is 1.31. The van der Waals surface area contributed by atoms with Crippen LogP contribution in [-0.2, 0) is 0 Å². The van der Waals surface area contributed by atoms with Crippen molar-refractivity contribution in [2.24, 2.45) is 5.41 Å². The molecule has 0 amide bonds. The van der Waals surface area contributed by atoms with Crippen molar-refractivity contribution in [3.05, 3.63) is 0 Å². The molecule has 0 saturated carbocycles. The maximum Gasteiger partial charge on any atom is 0.323 e. The first kappa shape index (κ1) is 14.8. The summed E-state index contributed by atoms with van der Waals surface area (Å²) >= 11 is 0. The van der Waals surface area contributed by atoms with E-state index in [2.05, 4.69) is 45.9 Å². The molecule has 2 rings (SSSR count). The van der Waals surface area contributed by atoms with E-state index < -0.39 is 0 Å². The van der Waals surface area contributed by atoms with Crippen molar-refractivity contribution < 1.29 is 4.74 Å². The highest BCUT2D eigenvalue weighted by Crippen LogP contribution is 2.31. The van der Waals surface area contributed by atoms with Gasteiger partial charge in [-0.3, -0.25) is 0 Å². The molecule has 1 fully saturated rings. The molecule has 0 radical (unpaired) electrons. The third kappa shape index (κ3) is 3.71. The number of rotatable bonds is 6. The van der Waals surface area contributed by atoms with Crippen molar-refractivity contribution in [2.75, 3.05) is 36.5 Å². The lowest BCUT2D eigenvalue weighted by molar-refractivity contribution is 0.292. The van der Waals surface area contributed by atoms with Gasteiger partial charge in [0.25, 0.3) is 0 Å².